The predicted octanol–water partition coefficient (Wildman–Crippen LogP) is 84.4. The number of ether oxygens (including phenoxy) is 4. The number of nitrogens with one attached hydrogen (secondary N) is 1. The van der Waals surface area contributed by atoms with E-state index in [2.05, 4.69) is 107 Å². The van der Waals surface area contributed by atoms with E-state index in [0.29, 0.717) is 72.7 Å². The molecule has 0 bridgehead atoms. The molecule has 2 fully saturated rings. The van der Waals surface area contributed by atoms with E-state index in [0.717, 1.165) is 22.0 Å². The third-order valence-electron chi connectivity index (χ3n) is 17.2. The summed E-state index contributed by atoms with van der Waals surface area (Å²) in [6, 6.07) is 3.33. The van der Waals surface area contributed by atoms with Crippen LogP contribution in [0.15, 0.2) is 17.0 Å². The van der Waals surface area contributed by atoms with Crippen molar-refractivity contribution in [3.8, 4) is 11.5 Å². The molecule has 2 aliphatic heterocycles. The number of anilines is 1. The highest BCUT2D eigenvalue weighted by molar-refractivity contribution is 7.93. The first kappa shape index (κ1) is 51.8. The Morgan fingerprint density at radius 1 is 0.953 bits per heavy atom. The summed E-state index contributed by atoms with van der Waals surface area (Å²) in [4.78, 5) is 32.5. The highest BCUT2D eigenvalue weighted by Gasteiger charge is 2.72. The molecule has 4 atom stereocenters. The third kappa shape index (κ3) is 7.99. The number of fused-ring (bicyclic) bond motifs is 2. The molecule has 11 nitrogen and oxygen atoms in total. The van der Waals surface area contributed by atoms with Crippen LogP contribution in [0.25, 0.3) is 0 Å². The molecule has 2 aromatic carbocycles. The number of morpholine rings is 1. The summed E-state index contributed by atoms with van der Waals surface area (Å²) in [5.74, 6) is 0.234. The maximum absolute atomic E-state index is 16.1. The van der Waals surface area contributed by atoms with Crippen molar-refractivity contribution >= 4 is 27.5 Å². The van der Waals surface area contributed by atoms with Crippen LogP contribution in [0.3, 0.4) is 0 Å². The molecule has 0 radical (unpaired) electrons. The minimum atomic E-state index is -4.68. The van der Waals surface area contributed by atoms with Crippen molar-refractivity contribution in [2.75, 3.05) is 37.7 Å². The number of carbonyl (C=O) groups is 2. The lowest BCUT2D eigenvalue weighted by Gasteiger charge is -2.65. The topological polar surface area (TPSA) is 124 Å². The lowest BCUT2D eigenvalue weighted by Crippen LogP contribution is -2.69. The number of aryl methyl sites for hydroxylation is 1. The summed E-state index contributed by atoms with van der Waals surface area (Å²) >= 11 is 0. The van der Waals surface area contributed by atoms with Gasteiger partial charge in [0.1, 0.15) is 16.4 Å². The van der Waals surface area contributed by atoms with Gasteiger partial charge in [0.05, 0.1) is 48.7 Å². The minimum Gasteiger partial charge on any atom is -0.495 e. The fraction of sp³-hybridized carbons (Fsp3) is 0.731. The van der Waals surface area contributed by atoms with Crippen molar-refractivity contribution in [2.45, 2.75) is 196 Å². The van der Waals surface area contributed by atoms with Gasteiger partial charge in [0.25, 0.3) is 21.8 Å². The number of hydrogen-bond acceptors (Lipinski definition) is 9. The van der Waals surface area contributed by atoms with Crippen molar-refractivity contribution in [3.05, 3.63) is 45.5 Å². The van der Waals surface area contributed by atoms with Crippen molar-refractivity contribution < 1.29 is 466 Å². The van der Waals surface area contributed by atoms with E-state index in [4.69, 9.17) is 18.9 Å². The van der Waals surface area contributed by atoms with Gasteiger partial charge in [-0.3, -0.25) is 14.5 Å². The molecule has 1 saturated heterocycles. The van der Waals surface area contributed by atoms with E-state index < -0.39 is 48.9 Å². The summed E-state index contributed by atoms with van der Waals surface area (Å²) in [6.45, 7) is 43.9. The molecule has 2 heterocycles. The Kier molecular flexibility index (Phi) is 13.9. The third-order valence-corrected chi connectivity index (χ3v) is 19.0. The van der Waals surface area contributed by atoms with Gasteiger partial charge >= 0.3 is 0 Å². The lowest BCUT2D eigenvalue weighted by molar-refractivity contribution is -0.255. The number of nitrogens with zero attached hydrogens (tertiary/aromatic N) is 2. The highest BCUT2D eigenvalue weighted by Crippen LogP contribution is 2.70. The van der Waals surface area contributed by atoms with Gasteiger partial charge in [-0.2, -0.15) is 0 Å². The second kappa shape index (κ2) is 17.2. The van der Waals surface area contributed by atoms with E-state index in [9.17, 15) is 4.79 Å². The molecule has 2 aromatic rings. The average molecular weight is 1520 g/mol. The number of rotatable bonds is 14. The zero-order valence-electron chi connectivity index (χ0n) is 43.4. The van der Waals surface area contributed by atoms with Crippen LogP contribution in [0.2, 0.25) is 0 Å². The number of amides is 2. The molecule has 962 valence electrons. The minimum absolute atomic E-state index is 0. The summed E-state index contributed by atoms with van der Waals surface area (Å²) in [6.07, 6.45) is 1.59. The van der Waals surface area contributed by atoms with Gasteiger partial charge in [0.15, 0.2) is 0 Å². The molecule has 3 aliphatic rings. The predicted molar refractivity (Wildman–Crippen MR) is 894 cm³/mol. The molecule has 1 aliphatic carbocycles. The number of benzene rings is 2. The second-order valence-electron chi connectivity index (χ2n) is 22.7. The van der Waals surface area contributed by atoms with Crippen molar-refractivity contribution in [1.82, 2.24) is 10.2 Å². The molecule has 0 aromatic heterocycles. The van der Waals surface area contributed by atoms with Crippen LogP contribution in [0.4, 0.5) is 5.69 Å². The Labute approximate surface area is 834 Å². The van der Waals surface area contributed by atoms with E-state index in [-0.39, 0.29) is 469 Å². The Bertz CT molecular complexity index is 2510. The van der Waals surface area contributed by atoms with Gasteiger partial charge in [-0.15, -0.1) is 0 Å². The maximum Gasteiger partial charge on any atom is 0.274 e. The summed E-state index contributed by atoms with van der Waals surface area (Å²) in [7, 11) is -3.28. The lowest BCUT2D eigenvalue weighted by atomic mass is 9.41. The first-order chi connectivity index (χ1) is 29.2. The highest BCUT2D eigenvalue weighted by atomic mass is 32.2. The van der Waals surface area contributed by atoms with Crippen LogP contribution in [0, 0.1) is 50.4 Å². The zero-order chi connectivity index (χ0) is 48.7. The normalized spacial score (nSPS) is 25.5. The summed E-state index contributed by atoms with van der Waals surface area (Å²) in [5.41, 5.74) is -1.24. The molecule has 1 spiro atoms. The van der Waals surface area contributed by atoms with Crippen LogP contribution < -0.4 is 19.1 Å². The number of methoxy groups -OCH3 is 1. The Morgan fingerprint density at radius 3 is 2.11 bits per heavy atom. The van der Waals surface area contributed by atoms with Gasteiger partial charge in [0, 0.05) is 459 Å². The van der Waals surface area contributed by atoms with Crippen LogP contribution in [-0.2, 0) is 29.7 Å². The van der Waals surface area contributed by atoms with Gasteiger partial charge in [-0.25, -0.2) is 12.7 Å². The number of carbonyl (C=O) groups excluding carboxylic acids is 2. The largest absolute Gasteiger partial charge is 0.495 e. The molecular formula is C52H685N3O8S. The first-order valence-electron chi connectivity index (χ1n) is 23.6. The molecule has 1 N–H and O–H groups in total. The van der Waals surface area contributed by atoms with Crippen LogP contribution >= 0.6 is 0 Å². The molecule has 1 saturated carbocycles. The quantitative estimate of drug-likeness (QED) is 0.197. The standard InChI is InChI=1S/C52H83N3O8S.301H2/c1-22-50(19,32(4)5)53-44(56)38-28-40(60-21)43(35(8)34(38)7)64(58,59)55-39-27-33(6)42(62-29-31(2)3)36(9)41(39)52(45(55)57)24-23-51(20,48(15,16)49(52,17)18)63-46(11,12)30-54-25-26-61-37(10)47(54,13)14;;;;;;;;;;;;;;;;;;;;;;;;;;;;;;;;;;;;;;;;;;;;;;;;;;;;;;;;;;;;;;;;;;;;;;;;;;;;;;;;;;;;;;;;;;;;;;;;;;;;;;;;;;;;;;;;;;;;;;;;;;;;;;;;;;;;;;;;;;;;;;;;;;;;;;;;;;;;;;;;;;;;;;;;;;;;;;;;;;;;;;;;;;;;;;;;;;;;;;;;;;;;;;;;;;;;;;;;;;;;;;;;;;;;;;;;;;;;;;;;;;;;;;;;;;;;;;;;;;;;;;;;;;;;;;;;;;;;;;;;;;;;;;;;;;;;;;;;;;;;;/h27-28,31-32,37H,22-26,29-30H2,1-21H3,(H,53,56);301*1H/t37?,50?,51-,52+;;;;;;;;;;;;;;;;;;;;;;;;;;;;;;;;;;;;;;;;;;;;;;;;;;;;;;;;;;;;;;;;;;;;;;;;;;;;;;;;;;;;;;;;;;;;;;;;;;;;;;;;;;;;;;;;;;;;;;;;;;;;;;;;;;;;;;;;;;;;;;;;;;;;;;;;;;;;;;;;;;;;;;;;;;;;;;;;;;;;;;;;;;;;;;;;;;;;;;;;;;;;;;;;;;;;;;;;;;;;;;;;;;;;;;;;;;;;;;;;;;;;;;;;;;;;;;;;;;;;;;;;;;;;;;;;;;;;;;;;;;;;;;;;;;;;;;;;;;;;;/m0............................................................................................................................................................................................................................................................................................................./s1. The summed E-state index contributed by atoms with van der Waals surface area (Å²) < 4.78 is 58.5. The first-order valence-corrected chi connectivity index (χ1v) is 25.1. The van der Waals surface area contributed by atoms with Crippen molar-refractivity contribution in [2.24, 2.45) is 22.7 Å². The molecule has 64 heavy (non-hydrogen) atoms. The maximum atomic E-state index is 16.1. The second-order valence-corrected chi connectivity index (χ2v) is 24.5. The fourth-order valence-electron chi connectivity index (χ4n) is 11.1. The molecule has 2 unspecified atom stereocenters. The van der Waals surface area contributed by atoms with Gasteiger partial charge in [-0.05, 0) is 158 Å². The van der Waals surface area contributed by atoms with Gasteiger partial charge < -0.3 is 24.3 Å². The smallest absolute Gasteiger partial charge is 0.274 e. The fourth-order valence-corrected chi connectivity index (χ4v) is 13.0. The Morgan fingerprint density at radius 2 is 1.56 bits per heavy atom. The average Bonchev–Trinajstić information content (AvgIpc) is 3.43. The van der Waals surface area contributed by atoms with E-state index in [1.807, 2.05) is 33.8 Å². The van der Waals surface area contributed by atoms with Gasteiger partial charge in [0.2, 0.25) is 0 Å². The Hall–Kier alpha value is -3.19. The SMILES string of the molecule is CCC(C)(NC(=O)c1cc(OC)c(S(=O)(=O)N2C(=O)[C@@]3(CC[C@](C)(OC(C)(C)CN4CCOC(C)C4(C)C)C(C)(C)C3(C)C)c3c2cc(C)c(OCC(C)C)c3C)c(C)c1C)C(C)C.[HH].[HH].[HH].[HH].[HH].[HH].[HH].[HH].[HH].[HH].[HH].[HH].[HH].[HH].[HH].[HH].[HH].[HH].[HH].[HH].[HH].[HH].[HH].[HH].[HH].[HH].[HH].[HH].[HH].[HH].[HH].[HH].[HH].[HH].[HH].[HH].[HH].[HH].[HH].[HH].[HH].[HH].[HH].[HH].[HH].[HH].[HH].[HH].[HH].[HH].[HH].[HH].[HH].[HH].[HH].[HH].[HH].[HH].[HH].[HH].[HH].[HH].[HH].[HH].[HH].[HH].[HH].[HH].[HH].[HH].[HH].[HH].[HH].[HH].[HH].[HH].[HH].[HH].[HH].[HH].[HH].[HH].[HH].[HH].[HH].[HH].[HH].[HH].[HH].[HH].[HH].[HH].[HH].[HH].[HH].[HH].[HH].[HH].[HH].[HH].[HH].[HH].[HH].[HH].[HH].[HH].[HH].[HH].[HH].[HH].[HH].[HH].[HH].[HH].[HH].[HH].[HH].[HH].[HH].[HH].[HH].[HH].[HH].[HH].[HH].[HH].[HH].[HH].[HH].[HH].[HH].[HH].[HH].[HH].[HH].[HH].[HH].[HH].[HH].[HH].[HH].[HH].[HH].[HH].[HH].[HH].[HH].[HH].[HH].[HH].[HH].[HH].[HH].[HH].[HH].[HH].[HH].[HH].[HH].[HH].[HH].[HH].[HH].[HH].[HH].[HH].[HH].[HH].[HH].[HH].[HH].[HH].[HH].[HH].[HH].[HH].[HH].[HH].[HH].[HH].[HH].[HH].[HH].[HH].[HH].[HH].[HH].[HH].[HH].[HH].[HH].[HH].[HH].[HH].[HH].[HH].[HH].[HH].[HH].[HH].[HH].[HH].[HH].[HH].[HH].[HH].[HH].[HH].[HH].[HH].[HH].[HH].[HH].[HH].[HH].[HH].[HH].[HH].[HH].[HH].[HH].[HH].[HH].[HH].[HH].[HH].[HH].[HH].[HH].[HH].[HH].[HH].[HH].[HH].[HH].[HH].[HH].[HH].[HH].[HH].[HH].[HH].[HH].[HH].[HH].[HH].[HH].[HH].[HH].[HH].[HH].[HH].[HH].[HH].[HH].[HH].[HH].[HH].[HH].[HH].[HH].[HH].[HH].[HH].[HH].[HH].[HH].[HH].[HH].[HH].[HH].[HH].[HH].[HH].[HH].[HH].[HH].[HH].[HH].[HH].[HH].[HH].[HH].[HH].[HH].[HH].[HH].[HH].[HH].[HH].[HH].[HH].[HH].[HH].[HH].[HH].[HH].[HH].[HH].[HH].[HH]. The van der Waals surface area contributed by atoms with Crippen LogP contribution in [-0.4, -0.2) is 86.9 Å². The van der Waals surface area contributed by atoms with Crippen molar-refractivity contribution in [3.63, 3.8) is 0 Å². The van der Waals surface area contributed by atoms with E-state index in [1.54, 1.807) is 13.8 Å². The van der Waals surface area contributed by atoms with E-state index >= 15 is 13.2 Å². The summed E-state index contributed by atoms with van der Waals surface area (Å²) in [5, 5.41) is 3.21. The monoisotopic (exact) mass is 1520 g/mol. The molecule has 2 amide bonds. The Balaban J connectivity index is -0.000000000521. The van der Waals surface area contributed by atoms with Gasteiger partial charge in [-0.1, -0.05) is 62.3 Å². The van der Waals surface area contributed by atoms with Crippen LogP contribution in [0.5, 0.6) is 11.5 Å². The number of sulfonamides is 1. The van der Waals surface area contributed by atoms with E-state index in [1.165, 1.54) is 13.2 Å². The number of hydrogen-bond donors (Lipinski definition) is 1. The molecular weight excluding hydrogens is 827 g/mol. The zero-order valence-corrected chi connectivity index (χ0v) is 44.2. The van der Waals surface area contributed by atoms with Crippen LogP contribution in [0.1, 0.15) is 598 Å². The van der Waals surface area contributed by atoms with Crippen molar-refractivity contribution in [1.29, 1.82) is 0 Å². The molecule has 12 heteroatoms. The molecule has 5 rings (SSSR count).